The van der Waals surface area contributed by atoms with Gasteiger partial charge in [-0.1, -0.05) is 43.2 Å². The molecule has 0 amide bonds. The number of hydrogen-bond acceptors (Lipinski definition) is 2. The van der Waals surface area contributed by atoms with E-state index in [0.717, 1.165) is 18.5 Å². The van der Waals surface area contributed by atoms with E-state index in [0.29, 0.717) is 12.0 Å². The Morgan fingerprint density at radius 3 is 2.60 bits per heavy atom. The average molecular weight is 272 g/mol. The zero-order valence-corrected chi connectivity index (χ0v) is 12.7. The van der Waals surface area contributed by atoms with Crippen molar-refractivity contribution >= 4 is 0 Å². The topological polar surface area (TPSA) is 29.3 Å². The molecule has 1 aliphatic heterocycles. The lowest BCUT2D eigenvalue weighted by Crippen LogP contribution is -2.43. The molecular weight excluding hydrogens is 244 g/mol. The molecule has 1 aliphatic carbocycles. The molecule has 1 aromatic carbocycles. The number of nitrogens with zero attached hydrogens (tertiary/aromatic N) is 1. The molecule has 3 rings (SSSR count). The molecule has 0 radical (unpaired) electrons. The van der Waals surface area contributed by atoms with E-state index in [1.807, 2.05) is 0 Å². The molecule has 2 aliphatic rings. The molecule has 2 nitrogen and oxygen atoms in total. The van der Waals surface area contributed by atoms with Gasteiger partial charge in [0.15, 0.2) is 0 Å². The second-order valence-electron chi connectivity index (χ2n) is 6.75. The molecule has 2 N–H and O–H groups in total. The summed E-state index contributed by atoms with van der Waals surface area (Å²) in [5.41, 5.74) is 7.45. The van der Waals surface area contributed by atoms with Crippen LogP contribution in [0.4, 0.5) is 0 Å². The van der Waals surface area contributed by atoms with E-state index in [1.165, 1.54) is 38.6 Å². The Labute approximate surface area is 123 Å². The molecule has 1 saturated carbocycles. The zero-order valence-electron chi connectivity index (χ0n) is 12.7. The lowest BCUT2D eigenvalue weighted by atomic mass is 9.79. The third-order valence-corrected chi connectivity index (χ3v) is 5.43. The second-order valence-corrected chi connectivity index (χ2v) is 6.75. The third kappa shape index (κ3) is 2.77. The van der Waals surface area contributed by atoms with Gasteiger partial charge in [-0.2, -0.15) is 0 Å². The maximum absolute atomic E-state index is 5.91. The summed E-state index contributed by atoms with van der Waals surface area (Å²) in [6, 6.07) is 12.6. The molecule has 4 atom stereocenters. The summed E-state index contributed by atoms with van der Waals surface area (Å²) in [7, 11) is 0. The Morgan fingerprint density at radius 2 is 1.90 bits per heavy atom. The zero-order chi connectivity index (χ0) is 13.9. The molecule has 1 heterocycles. The summed E-state index contributed by atoms with van der Waals surface area (Å²) in [5.74, 6) is 1.44. The minimum atomic E-state index is 0.706. The van der Waals surface area contributed by atoms with Gasteiger partial charge in [0.05, 0.1) is 0 Å². The third-order valence-electron chi connectivity index (χ3n) is 5.43. The largest absolute Gasteiger partial charge is 0.330 e. The highest BCUT2D eigenvalue weighted by atomic mass is 15.2. The van der Waals surface area contributed by atoms with Crippen molar-refractivity contribution in [3.05, 3.63) is 35.9 Å². The number of benzene rings is 1. The summed E-state index contributed by atoms with van der Waals surface area (Å²) in [5, 5.41) is 0. The van der Waals surface area contributed by atoms with Gasteiger partial charge < -0.3 is 5.73 Å². The number of rotatable bonds is 3. The van der Waals surface area contributed by atoms with Crippen molar-refractivity contribution in [1.82, 2.24) is 4.90 Å². The van der Waals surface area contributed by atoms with Crippen LogP contribution in [0, 0.1) is 5.92 Å². The maximum Gasteiger partial charge on any atom is 0.0167 e. The van der Waals surface area contributed by atoms with Crippen LogP contribution in [0.1, 0.15) is 50.5 Å². The standard InChI is InChI=1S/C18H28N2/c1-14-11-15(12-19)13-20(14)18-10-6-5-9-17(18)16-7-3-2-4-8-16/h2-4,7-8,14-15,17-18H,5-6,9-13,19H2,1H3. The molecule has 1 saturated heterocycles. The van der Waals surface area contributed by atoms with Gasteiger partial charge in [0.2, 0.25) is 0 Å². The monoisotopic (exact) mass is 272 g/mol. The Hall–Kier alpha value is -0.860. The van der Waals surface area contributed by atoms with Crippen LogP contribution in [0.15, 0.2) is 30.3 Å². The summed E-state index contributed by atoms with van der Waals surface area (Å²) in [6.45, 7) is 4.46. The second kappa shape index (κ2) is 6.28. The molecule has 0 bridgehead atoms. The molecule has 2 fully saturated rings. The minimum Gasteiger partial charge on any atom is -0.330 e. The van der Waals surface area contributed by atoms with E-state index in [1.54, 1.807) is 5.56 Å². The molecule has 0 aromatic heterocycles. The van der Waals surface area contributed by atoms with E-state index in [2.05, 4.69) is 42.2 Å². The lowest BCUT2D eigenvalue weighted by molar-refractivity contribution is 0.127. The first-order valence-electron chi connectivity index (χ1n) is 8.30. The van der Waals surface area contributed by atoms with Crippen molar-refractivity contribution in [2.75, 3.05) is 13.1 Å². The Bertz CT molecular complexity index is 417. The van der Waals surface area contributed by atoms with Crippen molar-refractivity contribution in [3.8, 4) is 0 Å². The Kier molecular flexibility index (Phi) is 4.42. The minimum absolute atomic E-state index is 0.706. The predicted octanol–water partition coefficient (Wildman–Crippen LogP) is 3.38. The number of likely N-dealkylation sites (tertiary alicyclic amines) is 1. The highest BCUT2D eigenvalue weighted by Crippen LogP contribution is 2.39. The van der Waals surface area contributed by atoms with E-state index in [9.17, 15) is 0 Å². The van der Waals surface area contributed by atoms with E-state index in [-0.39, 0.29) is 0 Å². The summed E-state index contributed by atoms with van der Waals surface area (Å²) in [6.07, 6.45) is 6.78. The van der Waals surface area contributed by atoms with Crippen LogP contribution in [-0.2, 0) is 0 Å². The van der Waals surface area contributed by atoms with Crippen molar-refractivity contribution in [2.45, 2.75) is 57.0 Å². The van der Waals surface area contributed by atoms with Gasteiger partial charge in [0, 0.05) is 18.6 Å². The van der Waals surface area contributed by atoms with E-state index >= 15 is 0 Å². The van der Waals surface area contributed by atoms with Gasteiger partial charge >= 0.3 is 0 Å². The smallest absolute Gasteiger partial charge is 0.0167 e. The summed E-state index contributed by atoms with van der Waals surface area (Å²) >= 11 is 0. The molecule has 1 aromatic rings. The van der Waals surface area contributed by atoms with Crippen molar-refractivity contribution < 1.29 is 0 Å². The molecule has 20 heavy (non-hydrogen) atoms. The van der Waals surface area contributed by atoms with Crippen LogP contribution in [0.2, 0.25) is 0 Å². The van der Waals surface area contributed by atoms with Crippen LogP contribution < -0.4 is 5.73 Å². The van der Waals surface area contributed by atoms with Crippen LogP contribution >= 0.6 is 0 Å². The van der Waals surface area contributed by atoms with Crippen molar-refractivity contribution in [2.24, 2.45) is 11.7 Å². The normalized spacial score (nSPS) is 35.3. The van der Waals surface area contributed by atoms with E-state index in [4.69, 9.17) is 5.73 Å². The van der Waals surface area contributed by atoms with Gasteiger partial charge in [-0.25, -0.2) is 0 Å². The maximum atomic E-state index is 5.91. The number of nitrogens with two attached hydrogens (primary N) is 1. The van der Waals surface area contributed by atoms with Gasteiger partial charge in [0.25, 0.3) is 0 Å². The van der Waals surface area contributed by atoms with Crippen molar-refractivity contribution in [3.63, 3.8) is 0 Å². The first-order valence-corrected chi connectivity index (χ1v) is 8.30. The SMILES string of the molecule is CC1CC(CN)CN1C1CCCCC1c1ccccc1. The van der Waals surface area contributed by atoms with Crippen molar-refractivity contribution in [1.29, 1.82) is 0 Å². The Morgan fingerprint density at radius 1 is 1.15 bits per heavy atom. The highest BCUT2D eigenvalue weighted by Gasteiger charge is 2.38. The fraction of sp³-hybridized carbons (Fsp3) is 0.667. The van der Waals surface area contributed by atoms with Gasteiger partial charge in [-0.3, -0.25) is 4.90 Å². The number of hydrogen-bond donors (Lipinski definition) is 1. The molecule has 0 spiro atoms. The van der Waals surface area contributed by atoms with Crippen LogP contribution in [0.3, 0.4) is 0 Å². The van der Waals surface area contributed by atoms with Gasteiger partial charge in [-0.05, 0) is 50.1 Å². The van der Waals surface area contributed by atoms with Crippen LogP contribution in [-0.4, -0.2) is 30.1 Å². The quantitative estimate of drug-likeness (QED) is 0.914. The highest BCUT2D eigenvalue weighted by molar-refractivity contribution is 5.22. The first-order chi connectivity index (χ1) is 9.79. The van der Waals surface area contributed by atoms with Crippen LogP contribution in [0.5, 0.6) is 0 Å². The first kappa shape index (κ1) is 14.1. The molecule has 4 unspecified atom stereocenters. The average Bonchev–Trinajstić information content (AvgIpc) is 2.89. The van der Waals surface area contributed by atoms with Crippen LogP contribution in [0.25, 0.3) is 0 Å². The summed E-state index contributed by atoms with van der Waals surface area (Å²) < 4.78 is 0. The predicted molar refractivity (Wildman–Crippen MR) is 84.8 cm³/mol. The lowest BCUT2D eigenvalue weighted by Gasteiger charge is -2.40. The Balaban J connectivity index is 1.79. The molecule has 110 valence electrons. The van der Waals surface area contributed by atoms with Gasteiger partial charge in [0.1, 0.15) is 0 Å². The van der Waals surface area contributed by atoms with E-state index < -0.39 is 0 Å². The van der Waals surface area contributed by atoms with Gasteiger partial charge in [-0.15, -0.1) is 0 Å². The molecule has 2 heteroatoms. The fourth-order valence-corrected chi connectivity index (χ4v) is 4.40. The summed E-state index contributed by atoms with van der Waals surface area (Å²) in [4.78, 5) is 2.77. The fourth-order valence-electron chi connectivity index (χ4n) is 4.40. The molecular formula is C18H28N2.